The van der Waals surface area contributed by atoms with Gasteiger partial charge in [-0.1, -0.05) is 24.3 Å². The Labute approximate surface area is 105 Å². The molecule has 0 saturated carbocycles. The molecular formula is C13H14N4O. The highest BCUT2D eigenvalue weighted by atomic mass is 16.2. The molecule has 1 aliphatic heterocycles. The fraction of sp³-hybridized carbons (Fsp3) is 0.231. The van der Waals surface area contributed by atoms with Gasteiger partial charge in [-0.05, 0) is 17.5 Å². The summed E-state index contributed by atoms with van der Waals surface area (Å²) >= 11 is 0. The molecule has 2 heterocycles. The quantitative estimate of drug-likeness (QED) is 0.737. The zero-order chi connectivity index (χ0) is 12.4. The van der Waals surface area contributed by atoms with E-state index in [1.165, 1.54) is 11.1 Å². The van der Waals surface area contributed by atoms with Crippen molar-refractivity contribution in [1.29, 1.82) is 0 Å². The molecule has 0 aliphatic carbocycles. The van der Waals surface area contributed by atoms with Crippen LogP contribution in [0.3, 0.4) is 0 Å². The molecule has 3 N–H and O–H groups in total. The highest BCUT2D eigenvalue weighted by Gasteiger charge is 2.24. The van der Waals surface area contributed by atoms with Crippen molar-refractivity contribution in [2.24, 2.45) is 0 Å². The van der Waals surface area contributed by atoms with Crippen LogP contribution >= 0.6 is 0 Å². The van der Waals surface area contributed by atoms with Crippen LogP contribution < -0.4 is 10.6 Å². The number of aromatic amines is 1. The Morgan fingerprint density at radius 1 is 1.33 bits per heavy atom. The first-order valence-electron chi connectivity index (χ1n) is 5.93. The Morgan fingerprint density at radius 2 is 2.17 bits per heavy atom. The van der Waals surface area contributed by atoms with Crippen molar-refractivity contribution in [3.63, 3.8) is 0 Å². The van der Waals surface area contributed by atoms with Crippen molar-refractivity contribution in [3.05, 3.63) is 47.8 Å². The molecule has 1 atom stereocenters. The maximum Gasteiger partial charge on any atom is 0.244 e. The monoisotopic (exact) mass is 242 g/mol. The summed E-state index contributed by atoms with van der Waals surface area (Å²) in [5.41, 5.74) is 2.50. The molecule has 5 nitrogen and oxygen atoms in total. The van der Waals surface area contributed by atoms with E-state index in [0.29, 0.717) is 12.4 Å². The predicted molar refractivity (Wildman–Crippen MR) is 68.0 cm³/mol. The fourth-order valence-electron chi connectivity index (χ4n) is 2.18. The first-order valence-corrected chi connectivity index (χ1v) is 5.93. The maximum atomic E-state index is 12.0. The Hall–Kier alpha value is -2.14. The largest absolute Gasteiger partial charge is 0.331 e. The Balaban J connectivity index is 1.70. The molecule has 1 aromatic carbocycles. The summed E-state index contributed by atoms with van der Waals surface area (Å²) in [4.78, 5) is 18.9. The second-order valence-corrected chi connectivity index (χ2v) is 4.33. The van der Waals surface area contributed by atoms with Crippen molar-refractivity contribution >= 4 is 11.9 Å². The molecule has 2 aromatic rings. The summed E-state index contributed by atoms with van der Waals surface area (Å²) in [7, 11) is 0. The maximum absolute atomic E-state index is 12.0. The number of imidazole rings is 1. The molecule has 0 spiro atoms. The molecule has 0 radical (unpaired) electrons. The highest BCUT2D eigenvalue weighted by molar-refractivity contribution is 5.93. The van der Waals surface area contributed by atoms with Crippen LogP contribution in [0.1, 0.15) is 11.1 Å². The van der Waals surface area contributed by atoms with Crippen LogP contribution in [0, 0.1) is 0 Å². The topological polar surface area (TPSA) is 69.8 Å². The van der Waals surface area contributed by atoms with E-state index >= 15 is 0 Å². The molecule has 18 heavy (non-hydrogen) atoms. The number of H-pyrrole nitrogens is 1. The molecule has 92 valence electrons. The van der Waals surface area contributed by atoms with E-state index in [9.17, 15) is 4.79 Å². The number of hydrogen-bond donors (Lipinski definition) is 3. The minimum absolute atomic E-state index is 0.0561. The Bertz CT molecular complexity index is 550. The number of carbonyl (C=O) groups excluding carboxylic acids is 1. The third kappa shape index (κ3) is 2.12. The standard InChI is InChI=1S/C13H14N4O/c18-12(17-13-14-5-6-15-13)11-7-9-3-1-2-4-10(9)8-16-11/h1-6,11,16H,7-8H2,(H2,14,15,17,18). The molecule has 5 heteroatoms. The predicted octanol–water partition coefficient (Wildman–Crippen LogP) is 1.06. The van der Waals surface area contributed by atoms with Gasteiger partial charge in [0.2, 0.25) is 11.9 Å². The number of carbonyl (C=O) groups is 1. The van der Waals surface area contributed by atoms with Crippen molar-refractivity contribution < 1.29 is 4.79 Å². The van der Waals surface area contributed by atoms with Crippen LogP contribution in [0.2, 0.25) is 0 Å². The van der Waals surface area contributed by atoms with Gasteiger partial charge >= 0.3 is 0 Å². The summed E-state index contributed by atoms with van der Waals surface area (Å²) in [5, 5.41) is 5.99. The molecular weight excluding hydrogens is 228 g/mol. The normalized spacial score (nSPS) is 18.1. The minimum atomic E-state index is -0.204. The van der Waals surface area contributed by atoms with Gasteiger partial charge < -0.3 is 10.3 Å². The first-order chi connectivity index (χ1) is 8.83. The van der Waals surface area contributed by atoms with Gasteiger partial charge in [0.05, 0.1) is 6.04 Å². The van der Waals surface area contributed by atoms with Crippen LogP contribution in [0.5, 0.6) is 0 Å². The molecule has 1 aromatic heterocycles. The number of aromatic nitrogens is 2. The summed E-state index contributed by atoms with van der Waals surface area (Å²) in [5.74, 6) is 0.431. The number of nitrogens with zero attached hydrogens (tertiary/aromatic N) is 1. The average Bonchev–Trinajstić information content (AvgIpc) is 2.91. The van der Waals surface area contributed by atoms with Crippen molar-refractivity contribution in [1.82, 2.24) is 15.3 Å². The van der Waals surface area contributed by atoms with Crippen molar-refractivity contribution in [2.45, 2.75) is 19.0 Å². The summed E-state index contributed by atoms with van der Waals surface area (Å²) in [6.07, 6.45) is 4.00. The summed E-state index contributed by atoms with van der Waals surface area (Å²) in [6, 6.07) is 7.98. The lowest BCUT2D eigenvalue weighted by molar-refractivity contribution is -0.118. The second kappa shape index (κ2) is 4.62. The summed E-state index contributed by atoms with van der Waals surface area (Å²) < 4.78 is 0. The molecule has 0 bridgehead atoms. The average molecular weight is 242 g/mol. The van der Waals surface area contributed by atoms with Gasteiger partial charge in [0.1, 0.15) is 0 Å². The number of hydrogen-bond acceptors (Lipinski definition) is 3. The smallest absolute Gasteiger partial charge is 0.244 e. The van der Waals surface area contributed by atoms with Gasteiger partial charge in [0.25, 0.3) is 0 Å². The Kier molecular flexibility index (Phi) is 2.82. The second-order valence-electron chi connectivity index (χ2n) is 4.33. The van der Waals surface area contributed by atoms with Crippen LogP contribution in [0.25, 0.3) is 0 Å². The molecule has 0 fully saturated rings. The van der Waals surface area contributed by atoms with E-state index in [-0.39, 0.29) is 11.9 Å². The third-order valence-corrected chi connectivity index (χ3v) is 3.14. The zero-order valence-electron chi connectivity index (χ0n) is 9.81. The number of rotatable bonds is 2. The van der Waals surface area contributed by atoms with E-state index in [0.717, 1.165) is 6.54 Å². The Morgan fingerprint density at radius 3 is 2.94 bits per heavy atom. The van der Waals surface area contributed by atoms with Gasteiger partial charge in [-0.2, -0.15) is 0 Å². The number of anilines is 1. The molecule has 0 saturated heterocycles. The molecule has 3 rings (SSSR count). The third-order valence-electron chi connectivity index (χ3n) is 3.14. The van der Waals surface area contributed by atoms with Crippen molar-refractivity contribution in [2.75, 3.05) is 5.32 Å². The number of fused-ring (bicyclic) bond motifs is 1. The van der Waals surface area contributed by atoms with Gasteiger partial charge in [0.15, 0.2) is 0 Å². The van der Waals surface area contributed by atoms with Crippen LogP contribution in [0.15, 0.2) is 36.7 Å². The lowest BCUT2D eigenvalue weighted by Gasteiger charge is -2.24. The molecule has 1 amide bonds. The van der Waals surface area contributed by atoms with Crippen LogP contribution in [-0.4, -0.2) is 21.9 Å². The van der Waals surface area contributed by atoms with Crippen LogP contribution in [0.4, 0.5) is 5.95 Å². The van der Waals surface area contributed by atoms with Gasteiger partial charge in [-0.15, -0.1) is 0 Å². The van der Waals surface area contributed by atoms with E-state index in [4.69, 9.17) is 0 Å². The van der Waals surface area contributed by atoms with Gasteiger partial charge in [0, 0.05) is 18.9 Å². The lowest BCUT2D eigenvalue weighted by Crippen LogP contribution is -2.44. The van der Waals surface area contributed by atoms with E-state index in [2.05, 4.69) is 32.7 Å². The fourth-order valence-corrected chi connectivity index (χ4v) is 2.18. The van der Waals surface area contributed by atoms with E-state index < -0.39 is 0 Å². The summed E-state index contributed by atoms with van der Waals surface area (Å²) in [6.45, 7) is 0.729. The molecule has 1 aliphatic rings. The van der Waals surface area contributed by atoms with Gasteiger partial charge in [-0.3, -0.25) is 10.1 Å². The zero-order valence-corrected chi connectivity index (χ0v) is 9.81. The minimum Gasteiger partial charge on any atom is -0.331 e. The van der Waals surface area contributed by atoms with E-state index in [1.54, 1.807) is 12.4 Å². The number of amides is 1. The lowest BCUT2D eigenvalue weighted by atomic mass is 9.95. The van der Waals surface area contributed by atoms with Gasteiger partial charge in [-0.25, -0.2) is 4.98 Å². The number of nitrogens with one attached hydrogen (secondary N) is 3. The SMILES string of the molecule is O=C(Nc1ncc[nH]1)C1Cc2ccccc2CN1. The number of benzene rings is 1. The van der Waals surface area contributed by atoms with Crippen LogP contribution in [-0.2, 0) is 17.8 Å². The first kappa shape index (κ1) is 11.0. The highest BCUT2D eigenvalue weighted by Crippen LogP contribution is 2.16. The molecule has 1 unspecified atom stereocenters. The van der Waals surface area contributed by atoms with E-state index in [1.807, 2.05) is 12.1 Å². The van der Waals surface area contributed by atoms with Crippen molar-refractivity contribution in [3.8, 4) is 0 Å².